The van der Waals surface area contributed by atoms with Crippen LogP contribution in [0.1, 0.15) is 43.2 Å². The third kappa shape index (κ3) is 3.01. The van der Waals surface area contributed by atoms with Crippen molar-refractivity contribution in [1.29, 1.82) is 0 Å². The predicted octanol–water partition coefficient (Wildman–Crippen LogP) is 3.43. The van der Waals surface area contributed by atoms with Crippen LogP contribution in [0.25, 0.3) is 0 Å². The molecule has 4 nitrogen and oxygen atoms in total. The number of halogens is 3. The molecule has 0 saturated carbocycles. The lowest BCUT2D eigenvalue weighted by atomic mass is 9.79. The SMILES string of the molecule is CCCN1CC[C@H]2c3c(cccc3OS(=O)(=O)C(F)(F)F)CC[C@H]21. The van der Waals surface area contributed by atoms with E-state index in [4.69, 9.17) is 0 Å². The number of fused-ring (bicyclic) bond motifs is 3. The van der Waals surface area contributed by atoms with Crippen LogP contribution in [0.15, 0.2) is 18.2 Å². The van der Waals surface area contributed by atoms with Crippen LogP contribution in [0, 0.1) is 0 Å². The molecule has 0 bridgehead atoms. The van der Waals surface area contributed by atoms with Crippen molar-refractivity contribution >= 4 is 10.1 Å². The number of rotatable bonds is 4. The minimum atomic E-state index is -5.65. The Bertz CT molecular complexity index is 718. The van der Waals surface area contributed by atoms with E-state index in [-0.39, 0.29) is 17.7 Å². The van der Waals surface area contributed by atoms with E-state index >= 15 is 0 Å². The van der Waals surface area contributed by atoms with Gasteiger partial charge in [0.05, 0.1) is 0 Å². The minimum absolute atomic E-state index is 0.0277. The zero-order chi connectivity index (χ0) is 17.5. The van der Waals surface area contributed by atoms with Crippen LogP contribution in [-0.2, 0) is 16.5 Å². The van der Waals surface area contributed by atoms with Crippen molar-refractivity contribution in [2.75, 3.05) is 13.1 Å². The van der Waals surface area contributed by atoms with Crippen LogP contribution >= 0.6 is 0 Å². The van der Waals surface area contributed by atoms with Crippen molar-refractivity contribution in [3.8, 4) is 5.75 Å². The Kier molecular flexibility index (Phi) is 4.55. The maximum atomic E-state index is 12.7. The fourth-order valence-electron chi connectivity index (χ4n) is 3.97. The Morgan fingerprint density at radius 2 is 2.04 bits per heavy atom. The number of hydrogen-bond donors (Lipinski definition) is 0. The van der Waals surface area contributed by atoms with E-state index in [1.54, 1.807) is 6.07 Å². The summed E-state index contributed by atoms with van der Waals surface area (Å²) in [6, 6.07) is 4.98. The van der Waals surface area contributed by atoms with E-state index in [0.717, 1.165) is 44.3 Å². The summed E-state index contributed by atoms with van der Waals surface area (Å²) in [6.07, 6.45) is 3.48. The molecule has 0 radical (unpaired) electrons. The lowest BCUT2D eigenvalue weighted by Crippen LogP contribution is -2.36. The predicted molar refractivity (Wildman–Crippen MR) is 83.4 cm³/mol. The molecule has 0 aromatic heterocycles. The third-order valence-electron chi connectivity index (χ3n) is 4.89. The number of nitrogens with zero attached hydrogens (tertiary/aromatic N) is 1. The zero-order valence-corrected chi connectivity index (χ0v) is 14.2. The van der Waals surface area contributed by atoms with Crippen molar-refractivity contribution in [3.63, 3.8) is 0 Å². The lowest BCUT2D eigenvalue weighted by molar-refractivity contribution is -0.0500. The van der Waals surface area contributed by atoms with E-state index in [0.29, 0.717) is 5.56 Å². The van der Waals surface area contributed by atoms with Crippen molar-refractivity contribution in [3.05, 3.63) is 29.3 Å². The van der Waals surface area contributed by atoms with Gasteiger partial charge < -0.3 is 4.18 Å². The van der Waals surface area contributed by atoms with E-state index < -0.39 is 15.6 Å². The molecule has 1 saturated heterocycles. The van der Waals surface area contributed by atoms with E-state index in [2.05, 4.69) is 16.0 Å². The second kappa shape index (κ2) is 6.22. The first-order chi connectivity index (χ1) is 11.2. The van der Waals surface area contributed by atoms with Gasteiger partial charge in [-0.2, -0.15) is 21.6 Å². The highest BCUT2D eigenvalue weighted by molar-refractivity contribution is 7.88. The van der Waals surface area contributed by atoms with Gasteiger partial charge in [-0.3, -0.25) is 4.90 Å². The van der Waals surface area contributed by atoms with Crippen LogP contribution in [0.5, 0.6) is 5.75 Å². The fourth-order valence-corrected chi connectivity index (χ4v) is 4.45. The fraction of sp³-hybridized carbons (Fsp3) is 0.625. The second-order valence-electron chi connectivity index (χ2n) is 6.35. The van der Waals surface area contributed by atoms with Gasteiger partial charge in [0.1, 0.15) is 5.75 Å². The van der Waals surface area contributed by atoms with E-state index in [1.165, 1.54) is 6.07 Å². The average molecular weight is 363 g/mol. The summed E-state index contributed by atoms with van der Waals surface area (Å²) < 4.78 is 65.3. The first-order valence-corrected chi connectivity index (χ1v) is 9.52. The smallest absolute Gasteiger partial charge is 0.376 e. The Morgan fingerprint density at radius 3 is 2.71 bits per heavy atom. The molecule has 24 heavy (non-hydrogen) atoms. The maximum absolute atomic E-state index is 12.7. The second-order valence-corrected chi connectivity index (χ2v) is 7.89. The Balaban J connectivity index is 1.96. The van der Waals surface area contributed by atoms with Gasteiger partial charge in [0.2, 0.25) is 0 Å². The highest BCUT2D eigenvalue weighted by Crippen LogP contribution is 2.46. The van der Waals surface area contributed by atoms with Crippen LogP contribution in [0.2, 0.25) is 0 Å². The van der Waals surface area contributed by atoms with Crippen molar-refractivity contribution in [1.82, 2.24) is 4.90 Å². The zero-order valence-electron chi connectivity index (χ0n) is 13.3. The Hall–Kier alpha value is -1.28. The van der Waals surface area contributed by atoms with Crippen LogP contribution in [-0.4, -0.2) is 38.0 Å². The van der Waals surface area contributed by atoms with Gasteiger partial charge in [-0.25, -0.2) is 0 Å². The van der Waals surface area contributed by atoms with E-state index in [1.807, 2.05) is 6.07 Å². The quantitative estimate of drug-likeness (QED) is 0.607. The van der Waals surface area contributed by atoms with Gasteiger partial charge in [0.25, 0.3) is 0 Å². The molecule has 1 aromatic carbocycles. The van der Waals surface area contributed by atoms with Gasteiger partial charge in [0, 0.05) is 17.5 Å². The average Bonchev–Trinajstić information content (AvgIpc) is 2.89. The van der Waals surface area contributed by atoms with E-state index in [9.17, 15) is 21.6 Å². The lowest BCUT2D eigenvalue weighted by Gasteiger charge is -2.34. The topological polar surface area (TPSA) is 46.6 Å². The molecular weight excluding hydrogens is 343 g/mol. The molecule has 0 amide bonds. The summed E-state index contributed by atoms with van der Waals surface area (Å²) in [4.78, 5) is 2.35. The molecule has 1 fully saturated rings. The molecule has 1 aliphatic carbocycles. The largest absolute Gasteiger partial charge is 0.534 e. The molecule has 0 spiro atoms. The first kappa shape index (κ1) is 17.5. The number of alkyl halides is 3. The monoisotopic (exact) mass is 363 g/mol. The number of likely N-dealkylation sites (tertiary alicyclic amines) is 1. The highest BCUT2D eigenvalue weighted by Gasteiger charge is 2.49. The summed E-state index contributed by atoms with van der Waals surface area (Å²) >= 11 is 0. The van der Waals surface area contributed by atoms with Gasteiger partial charge in [0.15, 0.2) is 0 Å². The third-order valence-corrected chi connectivity index (χ3v) is 5.86. The van der Waals surface area contributed by atoms with Gasteiger partial charge >= 0.3 is 15.6 Å². The van der Waals surface area contributed by atoms with Crippen molar-refractivity contribution in [2.24, 2.45) is 0 Å². The standard InChI is InChI=1S/C16H20F3NO3S/c1-2-9-20-10-8-12-13(20)7-6-11-4-3-5-14(15(11)12)23-24(21,22)16(17,18)19/h3-5,12-13H,2,6-10H2,1H3/t12-,13-/m1/s1. The van der Waals surface area contributed by atoms with Gasteiger partial charge in [-0.1, -0.05) is 19.1 Å². The molecule has 0 N–H and O–H groups in total. The number of benzene rings is 1. The molecule has 1 aromatic rings. The highest BCUT2D eigenvalue weighted by atomic mass is 32.2. The summed E-state index contributed by atoms with van der Waals surface area (Å²) in [5.74, 6) is -0.141. The molecule has 8 heteroatoms. The normalized spacial score (nSPS) is 24.5. The van der Waals surface area contributed by atoms with Crippen LogP contribution in [0.4, 0.5) is 13.2 Å². The van der Waals surface area contributed by atoms with Crippen molar-refractivity contribution in [2.45, 2.75) is 50.1 Å². The summed E-state index contributed by atoms with van der Waals surface area (Å²) in [7, 11) is -5.65. The van der Waals surface area contributed by atoms with Crippen LogP contribution in [0.3, 0.4) is 0 Å². The summed E-state index contributed by atoms with van der Waals surface area (Å²) in [5.41, 5.74) is -3.89. The molecular formula is C16H20F3NO3S. The van der Waals surface area contributed by atoms with Crippen molar-refractivity contribution < 1.29 is 25.8 Å². The van der Waals surface area contributed by atoms with Crippen LogP contribution < -0.4 is 4.18 Å². The Labute approximate surface area is 139 Å². The summed E-state index contributed by atoms with van der Waals surface area (Å²) in [5, 5.41) is 0. The van der Waals surface area contributed by atoms with Gasteiger partial charge in [-0.15, -0.1) is 0 Å². The molecule has 2 atom stereocenters. The minimum Gasteiger partial charge on any atom is -0.376 e. The molecule has 134 valence electrons. The molecule has 1 aliphatic heterocycles. The molecule has 3 rings (SSSR count). The maximum Gasteiger partial charge on any atom is 0.534 e. The summed E-state index contributed by atoms with van der Waals surface area (Å²) in [6.45, 7) is 3.91. The molecule has 0 unspecified atom stereocenters. The molecule has 1 heterocycles. The first-order valence-electron chi connectivity index (χ1n) is 8.11. The van der Waals surface area contributed by atoms with Gasteiger partial charge in [-0.05, 0) is 50.4 Å². The number of aryl methyl sites for hydroxylation is 1. The Morgan fingerprint density at radius 1 is 1.29 bits per heavy atom. The number of hydrogen-bond acceptors (Lipinski definition) is 4. The molecule has 2 aliphatic rings.